The zero-order valence-electron chi connectivity index (χ0n) is 15.3. The summed E-state index contributed by atoms with van der Waals surface area (Å²) in [4.78, 5) is 8.78. The summed E-state index contributed by atoms with van der Waals surface area (Å²) < 4.78 is 13.4. The van der Waals surface area contributed by atoms with Gasteiger partial charge in [0.1, 0.15) is 11.9 Å². The van der Waals surface area contributed by atoms with Crippen LogP contribution in [0.4, 0.5) is 10.2 Å². The first-order valence-electron chi connectivity index (χ1n) is 9.00. The molecule has 0 amide bonds. The van der Waals surface area contributed by atoms with Crippen LogP contribution in [0.25, 0.3) is 0 Å². The molecule has 0 saturated heterocycles. The van der Waals surface area contributed by atoms with Crippen LogP contribution in [0.5, 0.6) is 0 Å². The number of oxime groups is 1. The third kappa shape index (κ3) is 3.90. The molecule has 0 radical (unpaired) electrons. The lowest BCUT2D eigenvalue weighted by Gasteiger charge is -2.12. The largest absolute Gasteiger partial charge is 0.411 e. The minimum absolute atomic E-state index is 0.0105. The molecule has 0 bridgehead atoms. The normalized spacial score (nSPS) is 14.4. The summed E-state index contributed by atoms with van der Waals surface area (Å²) >= 11 is 5.86. The fraction of sp³-hybridized carbons (Fsp3) is 0.136. The maximum atomic E-state index is 13.4. The van der Waals surface area contributed by atoms with Crippen molar-refractivity contribution in [3.8, 4) is 0 Å². The quantitative estimate of drug-likeness (QED) is 0.365. The van der Waals surface area contributed by atoms with E-state index < -0.39 is 11.9 Å². The van der Waals surface area contributed by atoms with E-state index in [9.17, 15) is 14.7 Å². The smallest absolute Gasteiger partial charge is 0.156 e. The van der Waals surface area contributed by atoms with Gasteiger partial charge in [0, 0.05) is 30.2 Å². The molecule has 0 aliphatic carbocycles. The van der Waals surface area contributed by atoms with E-state index in [0.29, 0.717) is 34.8 Å². The molecule has 2 aromatic carbocycles. The van der Waals surface area contributed by atoms with E-state index in [1.54, 1.807) is 18.3 Å². The zero-order valence-corrected chi connectivity index (χ0v) is 16.0. The molecule has 146 valence electrons. The van der Waals surface area contributed by atoms with Gasteiger partial charge in [-0.15, -0.1) is 0 Å². The number of rotatable bonds is 5. The van der Waals surface area contributed by atoms with Crippen molar-refractivity contribution in [2.75, 3.05) is 0 Å². The number of halogens is 2. The van der Waals surface area contributed by atoms with E-state index >= 15 is 0 Å². The Kier molecular flexibility index (Phi) is 5.38. The number of aliphatic imine (C=N–C) groups is 1. The third-order valence-corrected chi connectivity index (χ3v) is 5.15. The summed E-state index contributed by atoms with van der Waals surface area (Å²) in [5.41, 5.74) is 3.87. The summed E-state index contributed by atoms with van der Waals surface area (Å²) in [6.45, 7) is 0. The average Bonchev–Trinajstić information content (AvgIpc) is 3.19. The molecule has 4 rings (SSSR count). The van der Waals surface area contributed by atoms with Gasteiger partial charge in [-0.3, -0.25) is 0 Å². The number of nitrogens with zero attached hydrogens (tertiary/aromatic N) is 3. The van der Waals surface area contributed by atoms with Crippen molar-refractivity contribution < 1.29 is 14.7 Å². The van der Waals surface area contributed by atoms with E-state index in [0.717, 1.165) is 11.1 Å². The topological polar surface area (TPSA) is 78.1 Å². The van der Waals surface area contributed by atoms with Crippen molar-refractivity contribution in [1.82, 2.24) is 4.98 Å². The summed E-state index contributed by atoms with van der Waals surface area (Å²) in [6.07, 6.45) is 1.38. The molecule has 7 heteroatoms. The molecule has 1 atom stereocenters. The minimum Gasteiger partial charge on any atom is -0.411 e. The molecule has 0 saturated carbocycles. The molecule has 0 fully saturated rings. The van der Waals surface area contributed by atoms with Crippen LogP contribution >= 0.6 is 11.6 Å². The van der Waals surface area contributed by atoms with Gasteiger partial charge in [0.25, 0.3) is 0 Å². The van der Waals surface area contributed by atoms with Gasteiger partial charge < -0.3 is 10.3 Å². The van der Waals surface area contributed by atoms with Crippen LogP contribution in [-0.4, -0.2) is 26.7 Å². The number of fused-ring (bicyclic) bond motifs is 1. The molecule has 1 aliphatic heterocycles. The number of hydrogen-bond acceptors (Lipinski definition) is 5. The number of benzene rings is 2. The molecule has 2 N–H and O–H groups in total. The minimum atomic E-state index is -0.844. The van der Waals surface area contributed by atoms with Crippen molar-refractivity contribution in [2.24, 2.45) is 10.1 Å². The fourth-order valence-electron chi connectivity index (χ4n) is 3.39. The van der Waals surface area contributed by atoms with Gasteiger partial charge in [-0.1, -0.05) is 53.2 Å². The number of aromatic nitrogens is 1. The Balaban J connectivity index is 1.61. The lowest BCUT2D eigenvalue weighted by atomic mass is 9.95. The lowest BCUT2D eigenvalue weighted by Crippen LogP contribution is -2.14. The molecule has 0 spiro atoms. The van der Waals surface area contributed by atoms with Crippen LogP contribution < -0.4 is 0 Å². The molecule has 3 aromatic rings. The second-order valence-electron chi connectivity index (χ2n) is 6.73. The van der Waals surface area contributed by atoms with E-state index in [1.807, 2.05) is 30.3 Å². The SMILES string of the molecule is O/N=C(\Cc1ccc(F)c(Cl)c1)c1ccnc2c1CC(C(O)c1ccccc1)=N2. The summed E-state index contributed by atoms with van der Waals surface area (Å²) in [5.74, 6) is -0.0126. The molecular formula is C22H17ClFN3O2. The monoisotopic (exact) mass is 409 g/mol. The number of pyridine rings is 1. The summed E-state index contributed by atoms with van der Waals surface area (Å²) in [5, 5.41) is 23.8. The highest BCUT2D eigenvalue weighted by Gasteiger charge is 2.26. The highest BCUT2D eigenvalue weighted by atomic mass is 35.5. The van der Waals surface area contributed by atoms with E-state index in [4.69, 9.17) is 11.6 Å². The molecule has 1 aliphatic rings. The molecule has 29 heavy (non-hydrogen) atoms. The average molecular weight is 410 g/mol. The lowest BCUT2D eigenvalue weighted by molar-refractivity contribution is 0.246. The van der Waals surface area contributed by atoms with Crippen LogP contribution in [0.15, 0.2) is 70.9 Å². The molecule has 1 aromatic heterocycles. The van der Waals surface area contributed by atoms with Crippen molar-refractivity contribution in [1.29, 1.82) is 0 Å². The van der Waals surface area contributed by atoms with Crippen LogP contribution in [0.1, 0.15) is 28.4 Å². The molecule has 2 heterocycles. The van der Waals surface area contributed by atoms with Crippen LogP contribution in [0, 0.1) is 5.82 Å². The van der Waals surface area contributed by atoms with Gasteiger partial charge in [0.2, 0.25) is 0 Å². The Morgan fingerprint density at radius 3 is 2.69 bits per heavy atom. The van der Waals surface area contributed by atoms with E-state index in [1.165, 1.54) is 12.1 Å². The Morgan fingerprint density at radius 2 is 1.97 bits per heavy atom. The molecule has 1 unspecified atom stereocenters. The molecule has 5 nitrogen and oxygen atoms in total. The van der Waals surface area contributed by atoms with Gasteiger partial charge in [0.05, 0.1) is 16.4 Å². The van der Waals surface area contributed by atoms with Gasteiger partial charge in [0.15, 0.2) is 5.82 Å². The third-order valence-electron chi connectivity index (χ3n) is 4.86. The number of aliphatic hydroxyl groups is 1. The van der Waals surface area contributed by atoms with Gasteiger partial charge in [-0.2, -0.15) is 0 Å². The Bertz CT molecular complexity index is 1120. The fourth-order valence-corrected chi connectivity index (χ4v) is 3.60. The Morgan fingerprint density at radius 1 is 1.17 bits per heavy atom. The van der Waals surface area contributed by atoms with Crippen molar-refractivity contribution >= 4 is 28.8 Å². The first-order chi connectivity index (χ1) is 14.1. The van der Waals surface area contributed by atoms with Crippen molar-refractivity contribution in [2.45, 2.75) is 18.9 Å². The zero-order chi connectivity index (χ0) is 20.4. The predicted molar refractivity (Wildman–Crippen MR) is 110 cm³/mol. The molecular weight excluding hydrogens is 393 g/mol. The second-order valence-corrected chi connectivity index (χ2v) is 7.13. The Labute approximate surface area is 171 Å². The standard InChI is InChI=1S/C22H17ClFN3O2/c23-17-10-13(6-7-18(17)24)11-19(27-29)15-8-9-25-22-16(15)12-20(26-22)21(28)14-4-2-1-3-5-14/h1-10,21,28-29H,11-12H2/b27-19+. The highest BCUT2D eigenvalue weighted by molar-refractivity contribution is 6.30. The maximum absolute atomic E-state index is 13.4. The van der Waals surface area contributed by atoms with Gasteiger partial charge in [-0.05, 0) is 29.3 Å². The Hall–Kier alpha value is -3.09. The maximum Gasteiger partial charge on any atom is 0.156 e. The van der Waals surface area contributed by atoms with Crippen molar-refractivity contribution in [3.63, 3.8) is 0 Å². The summed E-state index contributed by atoms with van der Waals surface area (Å²) in [7, 11) is 0. The second kappa shape index (κ2) is 8.11. The van der Waals surface area contributed by atoms with Crippen LogP contribution in [0.2, 0.25) is 5.02 Å². The predicted octanol–water partition coefficient (Wildman–Crippen LogP) is 4.66. The van der Waals surface area contributed by atoms with Crippen LogP contribution in [0.3, 0.4) is 0 Å². The number of aliphatic hydroxyl groups excluding tert-OH is 1. The first-order valence-corrected chi connectivity index (χ1v) is 9.38. The van der Waals surface area contributed by atoms with Crippen LogP contribution in [-0.2, 0) is 12.8 Å². The van der Waals surface area contributed by atoms with E-state index in [-0.39, 0.29) is 11.4 Å². The van der Waals surface area contributed by atoms with Gasteiger partial charge >= 0.3 is 0 Å². The first kappa shape index (κ1) is 19.2. The van der Waals surface area contributed by atoms with Crippen molar-refractivity contribution in [3.05, 3.63) is 93.9 Å². The van der Waals surface area contributed by atoms with Gasteiger partial charge in [-0.25, -0.2) is 14.4 Å². The van der Waals surface area contributed by atoms with E-state index in [2.05, 4.69) is 15.1 Å². The number of hydrogen-bond donors (Lipinski definition) is 2. The summed E-state index contributed by atoms with van der Waals surface area (Å²) in [6, 6.07) is 15.4. The highest BCUT2D eigenvalue weighted by Crippen LogP contribution is 2.32.